The Morgan fingerprint density at radius 2 is 1.82 bits per heavy atom. The highest BCUT2D eigenvalue weighted by atomic mass is 35.5. The van der Waals surface area contributed by atoms with E-state index in [1.807, 2.05) is 30.3 Å². The quantitative estimate of drug-likeness (QED) is 0.631. The predicted octanol–water partition coefficient (Wildman–Crippen LogP) is 4.52. The molecule has 0 unspecified atom stereocenters. The Morgan fingerprint density at radius 3 is 2.55 bits per heavy atom. The predicted molar refractivity (Wildman–Crippen MR) is 96.3 cm³/mol. The van der Waals surface area contributed by atoms with E-state index in [9.17, 15) is 4.79 Å². The van der Waals surface area contributed by atoms with Gasteiger partial charge in [0.1, 0.15) is 0 Å². The molecular formula is C16H12Cl2N2OS. The molecule has 2 rings (SSSR count). The van der Waals surface area contributed by atoms with E-state index < -0.39 is 0 Å². The molecule has 2 aromatic carbocycles. The zero-order valence-corrected chi connectivity index (χ0v) is 13.7. The molecule has 0 saturated heterocycles. The molecule has 3 nitrogen and oxygen atoms in total. The summed E-state index contributed by atoms with van der Waals surface area (Å²) in [7, 11) is 0. The normalized spacial score (nSPS) is 10.5. The van der Waals surface area contributed by atoms with Crippen molar-refractivity contribution in [2.24, 2.45) is 0 Å². The van der Waals surface area contributed by atoms with E-state index in [2.05, 4.69) is 10.6 Å². The first-order chi connectivity index (χ1) is 10.5. The van der Waals surface area contributed by atoms with Crippen molar-refractivity contribution in [1.82, 2.24) is 5.32 Å². The number of carbonyl (C=O) groups is 1. The van der Waals surface area contributed by atoms with Crippen LogP contribution in [0, 0.1) is 0 Å². The van der Waals surface area contributed by atoms with Crippen LogP contribution >= 0.6 is 35.4 Å². The lowest BCUT2D eigenvalue weighted by molar-refractivity contribution is -0.115. The molecule has 1 amide bonds. The van der Waals surface area contributed by atoms with Gasteiger partial charge in [-0.2, -0.15) is 0 Å². The lowest BCUT2D eigenvalue weighted by atomic mass is 10.2. The Labute approximate surface area is 143 Å². The second-order valence-corrected chi connectivity index (χ2v) is 5.56. The first-order valence-corrected chi connectivity index (χ1v) is 7.51. The van der Waals surface area contributed by atoms with Crippen molar-refractivity contribution in [3.8, 4) is 0 Å². The van der Waals surface area contributed by atoms with Crippen molar-refractivity contribution < 1.29 is 4.79 Å². The first-order valence-electron chi connectivity index (χ1n) is 6.35. The number of carbonyl (C=O) groups excluding carboxylic acids is 1. The molecule has 2 aromatic rings. The average Bonchev–Trinajstić information content (AvgIpc) is 2.50. The fraction of sp³-hybridized carbons (Fsp3) is 0. The number of benzene rings is 2. The van der Waals surface area contributed by atoms with Gasteiger partial charge < -0.3 is 5.32 Å². The molecule has 112 valence electrons. The van der Waals surface area contributed by atoms with Crippen LogP contribution in [0.1, 0.15) is 5.56 Å². The number of halogens is 2. The minimum atomic E-state index is -0.334. The van der Waals surface area contributed by atoms with Gasteiger partial charge >= 0.3 is 0 Å². The number of nitrogens with one attached hydrogen (secondary N) is 2. The molecule has 0 fully saturated rings. The monoisotopic (exact) mass is 350 g/mol. The number of rotatable bonds is 3. The van der Waals surface area contributed by atoms with E-state index in [0.29, 0.717) is 15.7 Å². The van der Waals surface area contributed by atoms with Gasteiger partial charge in [-0.05, 0) is 42.1 Å². The summed E-state index contributed by atoms with van der Waals surface area (Å²) in [5.41, 5.74) is 1.46. The molecule has 0 heterocycles. The van der Waals surface area contributed by atoms with Gasteiger partial charge in [-0.15, -0.1) is 0 Å². The van der Waals surface area contributed by atoms with Crippen molar-refractivity contribution in [2.45, 2.75) is 0 Å². The molecular weight excluding hydrogens is 339 g/mol. The lowest BCUT2D eigenvalue weighted by Crippen LogP contribution is -2.32. The van der Waals surface area contributed by atoms with Crippen molar-refractivity contribution >= 4 is 58.2 Å². The summed E-state index contributed by atoms with van der Waals surface area (Å²) in [5, 5.41) is 6.49. The number of hydrogen-bond acceptors (Lipinski definition) is 2. The van der Waals surface area contributed by atoms with Crippen LogP contribution in [-0.2, 0) is 4.79 Å². The van der Waals surface area contributed by atoms with E-state index in [1.165, 1.54) is 6.08 Å². The van der Waals surface area contributed by atoms with Crippen molar-refractivity contribution in [3.63, 3.8) is 0 Å². The van der Waals surface area contributed by atoms with E-state index in [4.69, 9.17) is 35.4 Å². The van der Waals surface area contributed by atoms with Crippen molar-refractivity contribution in [1.29, 1.82) is 0 Å². The zero-order chi connectivity index (χ0) is 15.9. The lowest BCUT2D eigenvalue weighted by Gasteiger charge is -2.10. The van der Waals surface area contributed by atoms with Gasteiger partial charge in [0.25, 0.3) is 0 Å². The average molecular weight is 351 g/mol. The second-order valence-electron chi connectivity index (χ2n) is 4.31. The van der Waals surface area contributed by atoms with Crippen LogP contribution in [0.5, 0.6) is 0 Å². The second kappa shape index (κ2) is 7.94. The number of thiocarbonyl (C=S) groups is 1. The first kappa shape index (κ1) is 16.5. The summed E-state index contributed by atoms with van der Waals surface area (Å²) in [6.07, 6.45) is 3.10. The van der Waals surface area contributed by atoms with Gasteiger partial charge in [-0.1, -0.05) is 53.5 Å². The SMILES string of the molecule is O=C(C=Cc1ccccc1)NC(=S)Nc1cc(Cl)ccc1Cl. The van der Waals surface area contributed by atoms with Gasteiger partial charge in [-0.3, -0.25) is 10.1 Å². The Balaban J connectivity index is 1.93. The fourth-order valence-corrected chi connectivity index (χ4v) is 2.18. The third-order valence-electron chi connectivity index (χ3n) is 2.64. The minimum absolute atomic E-state index is 0.145. The Kier molecular flexibility index (Phi) is 5.95. The van der Waals surface area contributed by atoms with Crippen LogP contribution < -0.4 is 10.6 Å². The van der Waals surface area contributed by atoms with Gasteiger partial charge in [0.2, 0.25) is 5.91 Å². The van der Waals surface area contributed by atoms with Crippen molar-refractivity contribution in [2.75, 3.05) is 5.32 Å². The topological polar surface area (TPSA) is 41.1 Å². The van der Waals surface area contributed by atoms with Crippen LogP contribution in [-0.4, -0.2) is 11.0 Å². The van der Waals surface area contributed by atoms with Gasteiger partial charge in [0, 0.05) is 11.1 Å². The molecule has 0 aliphatic heterocycles. The van der Waals surface area contributed by atoms with E-state index in [1.54, 1.807) is 24.3 Å². The molecule has 6 heteroatoms. The summed E-state index contributed by atoms with van der Waals surface area (Å²) in [4.78, 5) is 11.8. The smallest absolute Gasteiger partial charge is 0.250 e. The molecule has 0 atom stereocenters. The summed E-state index contributed by atoms with van der Waals surface area (Å²) >= 11 is 17.0. The van der Waals surface area contributed by atoms with E-state index in [-0.39, 0.29) is 11.0 Å². The Morgan fingerprint density at radius 1 is 1.09 bits per heavy atom. The highest BCUT2D eigenvalue weighted by molar-refractivity contribution is 7.80. The Hall–Kier alpha value is -1.88. The summed E-state index contributed by atoms with van der Waals surface area (Å²) in [6, 6.07) is 14.4. The largest absolute Gasteiger partial charge is 0.331 e. The van der Waals surface area contributed by atoms with Crippen LogP contribution in [0.4, 0.5) is 5.69 Å². The molecule has 0 spiro atoms. The maximum absolute atomic E-state index is 11.8. The summed E-state index contributed by atoms with van der Waals surface area (Å²) < 4.78 is 0. The molecule has 2 N–H and O–H groups in total. The number of hydrogen-bond donors (Lipinski definition) is 2. The molecule has 0 saturated carbocycles. The highest BCUT2D eigenvalue weighted by Gasteiger charge is 2.05. The molecule has 0 aliphatic carbocycles. The standard InChI is InChI=1S/C16H12Cl2N2OS/c17-12-7-8-13(18)14(10-12)19-16(22)20-15(21)9-6-11-4-2-1-3-5-11/h1-10H,(H2,19,20,21,22). The maximum Gasteiger partial charge on any atom is 0.250 e. The summed E-state index contributed by atoms with van der Waals surface area (Å²) in [5.74, 6) is -0.334. The van der Waals surface area contributed by atoms with Crippen LogP contribution in [0.2, 0.25) is 10.0 Å². The zero-order valence-electron chi connectivity index (χ0n) is 11.3. The maximum atomic E-state index is 11.8. The van der Waals surface area contributed by atoms with Crippen molar-refractivity contribution in [3.05, 3.63) is 70.2 Å². The van der Waals surface area contributed by atoms with Crippen LogP contribution in [0.25, 0.3) is 6.08 Å². The van der Waals surface area contributed by atoms with E-state index in [0.717, 1.165) is 5.56 Å². The molecule has 0 aromatic heterocycles. The van der Waals surface area contributed by atoms with Gasteiger partial charge in [0.15, 0.2) is 5.11 Å². The third kappa shape index (κ3) is 5.15. The van der Waals surface area contributed by atoms with E-state index >= 15 is 0 Å². The third-order valence-corrected chi connectivity index (χ3v) is 3.41. The number of amides is 1. The van der Waals surface area contributed by atoms with Gasteiger partial charge in [0.05, 0.1) is 10.7 Å². The molecule has 22 heavy (non-hydrogen) atoms. The van der Waals surface area contributed by atoms with Gasteiger partial charge in [-0.25, -0.2) is 0 Å². The molecule has 0 radical (unpaired) electrons. The number of anilines is 1. The fourth-order valence-electron chi connectivity index (χ4n) is 1.64. The van der Waals surface area contributed by atoms with Crippen LogP contribution in [0.15, 0.2) is 54.6 Å². The minimum Gasteiger partial charge on any atom is -0.331 e. The highest BCUT2D eigenvalue weighted by Crippen LogP contribution is 2.25. The Bertz CT molecular complexity index is 717. The molecule has 0 aliphatic rings. The summed E-state index contributed by atoms with van der Waals surface area (Å²) in [6.45, 7) is 0. The molecule has 0 bridgehead atoms. The van der Waals surface area contributed by atoms with Crippen LogP contribution in [0.3, 0.4) is 0 Å².